The fourth-order valence-corrected chi connectivity index (χ4v) is 2.57. The first-order valence-corrected chi connectivity index (χ1v) is 9.07. The lowest BCUT2D eigenvalue weighted by Crippen LogP contribution is -2.37. The van der Waals surface area contributed by atoms with Gasteiger partial charge in [0.1, 0.15) is 5.69 Å². The Kier molecular flexibility index (Phi) is 7.53. The molecule has 0 unspecified atom stereocenters. The Bertz CT molecular complexity index is 756. The molecule has 0 saturated carbocycles. The number of benzene rings is 1. The highest BCUT2D eigenvalue weighted by Crippen LogP contribution is 2.08. The number of aryl methyl sites for hydroxylation is 1. The molecular weight excluding hydrogens is 328 g/mol. The number of carbonyl (C=O) groups is 1. The SMILES string of the molecule is CCCCn1nc(C(=O)N(CCN(C)C)Cc2ccccc2)ccc1=O. The number of carbonyl (C=O) groups excluding carboxylic acids is 1. The zero-order chi connectivity index (χ0) is 18.9. The van der Waals surface area contributed by atoms with Gasteiger partial charge in [-0.3, -0.25) is 9.59 Å². The van der Waals surface area contributed by atoms with Gasteiger partial charge in [-0.1, -0.05) is 43.7 Å². The molecule has 26 heavy (non-hydrogen) atoms. The number of hydrogen-bond donors (Lipinski definition) is 0. The molecule has 0 spiro atoms. The maximum absolute atomic E-state index is 13.0. The molecule has 1 aromatic heterocycles. The second-order valence-electron chi connectivity index (χ2n) is 6.65. The van der Waals surface area contributed by atoms with Crippen LogP contribution in [0.2, 0.25) is 0 Å². The molecule has 0 fully saturated rings. The van der Waals surface area contributed by atoms with Crippen LogP contribution in [0.25, 0.3) is 0 Å². The van der Waals surface area contributed by atoms with Crippen molar-refractivity contribution < 1.29 is 4.79 Å². The topological polar surface area (TPSA) is 58.4 Å². The van der Waals surface area contributed by atoms with Crippen molar-refractivity contribution >= 4 is 5.91 Å². The van der Waals surface area contributed by atoms with Gasteiger partial charge in [0.2, 0.25) is 0 Å². The third-order valence-electron chi connectivity index (χ3n) is 4.13. The predicted octanol–water partition coefficient (Wildman–Crippen LogP) is 2.25. The van der Waals surface area contributed by atoms with Crippen molar-refractivity contribution in [2.24, 2.45) is 0 Å². The molecule has 140 valence electrons. The van der Waals surface area contributed by atoms with Crippen LogP contribution in [0.3, 0.4) is 0 Å². The normalized spacial score (nSPS) is 10.9. The molecule has 2 aromatic rings. The van der Waals surface area contributed by atoms with Crippen LogP contribution in [0.5, 0.6) is 0 Å². The number of unbranched alkanes of at least 4 members (excludes halogenated alkanes) is 1. The number of aromatic nitrogens is 2. The number of hydrogen-bond acceptors (Lipinski definition) is 4. The summed E-state index contributed by atoms with van der Waals surface area (Å²) in [6.07, 6.45) is 1.83. The lowest BCUT2D eigenvalue weighted by molar-refractivity contribution is 0.0723. The summed E-state index contributed by atoms with van der Waals surface area (Å²) in [6.45, 7) is 4.46. The van der Waals surface area contributed by atoms with Crippen LogP contribution in [-0.2, 0) is 13.1 Å². The van der Waals surface area contributed by atoms with Crippen molar-refractivity contribution in [3.8, 4) is 0 Å². The van der Waals surface area contributed by atoms with E-state index < -0.39 is 0 Å². The highest BCUT2D eigenvalue weighted by molar-refractivity contribution is 5.92. The molecule has 0 aliphatic carbocycles. The van der Waals surface area contributed by atoms with E-state index in [4.69, 9.17) is 0 Å². The summed E-state index contributed by atoms with van der Waals surface area (Å²) < 4.78 is 1.39. The van der Waals surface area contributed by atoms with Crippen LogP contribution >= 0.6 is 0 Å². The Balaban J connectivity index is 2.22. The van der Waals surface area contributed by atoms with Gasteiger partial charge in [-0.25, -0.2) is 4.68 Å². The molecule has 6 nitrogen and oxygen atoms in total. The van der Waals surface area contributed by atoms with Crippen LogP contribution in [-0.4, -0.2) is 52.7 Å². The van der Waals surface area contributed by atoms with E-state index in [1.54, 1.807) is 4.90 Å². The van der Waals surface area contributed by atoms with Crippen LogP contribution in [0.15, 0.2) is 47.3 Å². The average Bonchev–Trinajstić information content (AvgIpc) is 2.64. The second-order valence-corrected chi connectivity index (χ2v) is 6.65. The van der Waals surface area contributed by atoms with Crippen LogP contribution < -0.4 is 5.56 Å². The third kappa shape index (κ3) is 5.81. The van der Waals surface area contributed by atoms with Crippen molar-refractivity contribution in [1.82, 2.24) is 19.6 Å². The van der Waals surface area contributed by atoms with E-state index in [2.05, 4.69) is 12.0 Å². The number of nitrogens with zero attached hydrogens (tertiary/aromatic N) is 4. The van der Waals surface area contributed by atoms with E-state index in [0.29, 0.717) is 25.3 Å². The lowest BCUT2D eigenvalue weighted by atomic mass is 10.2. The first-order valence-electron chi connectivity index (χ1n) is 9.07. The molecule has 0 N–H and O–H groups in total. The van der Waals surface area contributed by atoms with E-state index in [1.807, 2.05) is 49.3 Å². The van der Waals surface area contributed by atoms with Gasteiger partial charge in [-0.15, -0.1) is 0 Å². The maximum Gasteiger partial charge on any atom is 0.274 e. The van der Waals surface area contributed by atoms with Crippen LogP contribution in [0, 0.1) is 0 Å². The summed E-state index contributed by atoms with van der Waals surface area (Å²) in [4.78, 5) is 28.8. The molecule has 0 aliphatic rings. The Morgan fingerprint density at radius 2 is 1.81 bits per heavy atom. The van der Waals surface area contributed by atoms with E-state index >= 15 is 0 Å². The van der Waals surface area contributed by atoms with Crippen molar-refractivity contribution in [2.45, 2.75) is 32.9 Å². The summed E-state index contributed by atoms with van der Waals surface area (Å²) in [5.74, 6) is -0.152. The minimum atomic E-state index is -0.169. The molecule has 0 atom stereocenters. The summed E-state index contributed by atoms with van der Waals surface area (Å²) >= 11 is 0. The first kappa shape index (κ1) is 19.8. The van der Waals surface area contributed by atoms with Gasteiger partial charge in [0.25, 0.3) is 11.5 Å². The van der Waals surface area contributed by atoms with E-state index in [0.717, 1.165) is 24.9 Å². The monoisotopic (exact) mass is 356 g/mol. The zero-order valence-electron chi connectivity index (χ0n) is 15.9. The summed E-state index contributed by atoms with van der Waals surface area (Å²) in [7, 11) is 3.96. The standard InChI is InChI=1S/C20H28N4O2/c1-4-5-13-24-19(25)12-11-18(21-24)20(26)23(15-14-22(2)3)16-17-9-7-6-8-10-17/h6-12H,4-5,13-16H2,1-3H3. The molecule has 0 aliphatic heterocycles. The maximum atomic E-state index is 13.0. The lowest BCUT2D eigenvalue weighted by Gasteiger charge is -2.24. The van der Waals surface area contributed by atoms with Gasteiger partial charge in [0, 0.05) is 32.2 Å². The Hall–Kier alpha value is -2.47. The Morgan fingerprint density at radius 3 is 2.46 bits per heavy atom. The quantitative estimate of drug-likeness (QED) is 0.691. The number of amides is 1. The fourth-order valence-electron chi connectivity index (χ4n) is 2.57. The predicted molar refractivity (Wildman–Crippen MR) is 103 cm³/mol. The number of likely N-dealkylation sites (N-methyl/N-ethyl adjacent to an activating group) is 1. The molecule has 1 heterocycles. The Morgan fingerprint density at radius 1 is 1.08 bits per heavy atom. The number of rotatable bonds is 9. The van der Waals surface area contributed by atoms with Gasteiger partial charge < -0.3 is 9.80 Å². The van der Waals surface area contributed by atoms with E-state index in [9.17, 15) is 9.59 Å². The minimum Gasteiger partial charge on any atom is -0.332 e. The molecule has 0 saturated heterocycles. The van der Waals surface area contributed by atoms with Gasteiger partial charge in [-0.2, -0.15) is 5.10 Å². The van der Waals surface area contributed by atoms with Crippen molar-refractivity contribution in [1.29, 1.82) is 0 Å². The third-order valence-corrected chi connectivity index (χ3v) is 4.13. The van der Waals surface area contributed by atoms with Gasteiger partial charge in [0.15, 0.2) is 0 Å². The molecule has 6 heteroatoms. The molecule has 0 bridgehead atoms. The van der Waals surface area contributed by atoms with Crippen molar-refractivity contribution in [3.05, 3.63) is 64.1 Å². The van der Waals surface area contributed by atoms with Crippen molar-refractivity contribution in [3.63, 3.8) is 0 Å². The highest BCUT2D eigenvalue weighted by atomic mass is 16.2. The Labute approximate surface area is 155 Å². The summed E-state index contributed by atoms with van der Waals surface area (Å²) in [6, 6.07) is 12.9. The van der Waals surface area contributed by atoms with Crippen LogP contribution in [0.1, 0.15) is 35.8 Å². The van der Waals surface area contributed by atoms with Crippen LogP contribution in [0.4, 0.5) is 0 Å². The van der Waals surface area contributed by atoms with E-state index in [-0.39, 0.29) is 11.5 Å². The summed E-state index contributed by atoms with van der Waals surface area (Å²) in [5, 5.41) is 4.30. The molecule has 0 radical (unpaired) electrons. The van der Waals surface area contributed by atoms with Gasteiger partial charge in [0.05, 0.1) is 0 Å². The second kappa shape index (κ2) is 9.87. The fraction of sp³-hybridized carbons (Fsp3) is 0.450. The van der Waals surface area contributed by atoms with Gasteiger partial charge in [-0.05, 0) is 32.1 Å². The average molecular weight is 356 g/mol. The van der Waals surface area contributed by atoms with Gasteiger partial charge >= 0.3 is 0 Å². The zero-order valence-corrected chi connectivity index (χ0v) is 15.9. The summed E-state index contributed by atoms with van der Waals surface area (Å²) in [5.41, 5.74) is 1.22. The molecular formula is C20H28N4O2. The molecule has 1 amide bonds. The molecule has 2 rings (SSSR count). The molecule has 1 aromatic carbocycles. The van der Waals surface area contributed by atoms with E-state index in [1.165, 1.54) is 16.8 Å². The smallest absolute Gasteiger partial charge is 0.274 e. The highest BCUT2D eigenvalue weighted by Gasteiger charge is 2.18. The minimum absolute atomic E-state index is 0.152. The first-order chi connectivity index (χ1) is 12.5. The largest absolute Gasteiger partial charge is 0.332 e. The van der Waals surface area contributed by atoms with Crippen molar-refractivity contribution in [2.75, 3.05) is 27.2 Å².